The van der Waals surface area contributed by atoms with Crippen LogP contribution in [0.15, 0.2) is 49.1 Å². The Kier molecular flexibility index (Phi) is 6.31. The number of ether oxygens (including phenoxy) is 1. The summed E-state index contributed by atoms with van der Waals surface area (Å²) in [4.78, 5) is 11.0. The molecular weight excluding hydrogens is 317 g/mol. The summed E-state index contributed by atoms with van der Waals surface area (Å²) >= 11 is 0. The molecule has 6 nitrogen and oxygen atoms in total. The van der Waals surface area contributed by atoms with E-state index in [1.54, 1.807) is 6.92 Å². The molecule has 0 aliphatic heterocycles. The van der Waals surface area contributed by atoms with Gasteiger partial charge in [0.05, 0.1) is 6.61 Å². The van der Waals surface area contributed by atoms with E-state index in [1.165, 1.54) is 24.5 Å². The molecule has 2 rings (SSSR count). The van der Waals surface area contributed by atoms with E-state index in [2.05, 4.69) is 0 Å². The van der Waals surface area contributed by atoms with Crippen molar-refractivity contribution < 1.29 is 32.2 Å². The van der Waals surface area contributed by atoms with Gasteiger partial charge in [-0.15, -0.1) is 0 Å². The Morgan fingerprint density at radius 1 is 1.13 bits per heavy atom. The first-order chi connectivity index (χ1) is 10.7. The Morgan fingerprint density at radius 3 is 2.13 bits per heavy atom. The molecule has 0 amide bonds. The highest BCUT2D eigenvalue weighted by molar-refractivity contribution is 5.88. The van der Waals surface area contributed by atoms with E-state index in [-0.39, 0.29) is 10.3 Å². The van der Waals surface area contributed by atoms with Gasteiger partial charge in [0, 0.05) is 12.1 Å². The van der Waals surface area contributed by atoms with Crippen LogP contribution in [-0.2, 0) is 10.9 Å². The molecule has 0 atom stereocenters. The maximum absolute atomic E-state index is 11.8. The van der Waals surface area contributed by atoms with E-state index >= 15 is 0 Å². The van der Waals surface area contributed by atoms with Crippen LogP contribution in [0.1, 0.15) is 22.8 Å². The van der Waals surface area contributed by atoms with Crippen LogP contribution in [0.3, 0.4) is 0 Å². The summed E-state index contributed by atoms with van der Waals surface area (Å²) in [6.45, 7) is 2.03. The second kappa shape index (κ2) is 7.97. The first kappa shape index (κ1) is 18.2. The zero-order valence-electron chi connectivity index (χ0n) is 12.0. The summed E-state index contributed by atoms with van der Waals surface area (Å²) in [7, 11) is 0. The van der Waals surface area contributed by atoms with Crippen molar-refractivity contribution in [2.75, 3.05) is 6.61 Å². The number of nitrogens with zero attached hydrogens (tertiary/aromatic N) is 2. The fraction of sp³-hybridized carbons (Fsp3) is 0.214. The van der Waals surface area contributed by atoms with Crippen molar-refractivity contribution in [3.05, 3.63) is 70.6 Å². The van der Waals surface area contributed by atoms with Gasteiger partial charge in [0.25, 0.3) is 0 Å². The zero-order valence-corrected chi connectivity index (χ0v) is 12.0. The predicted octanol–water partition coefficient (Wildman–Crippen LogP) is 1.84. The van der Waals surface area contributed by atoms with Crippen LogP contribution >= 0.6 is 0 Å². The number of esters is 1. The smallest absolute Gasteiger partial charge is 0.422 e. The van der Waals surface area contributed by atoms with Crippen LogP contribution < -0.4 is 9.46 Å². The predicted molar refractivity (Wildman–Crippen MR) is 71.8 cm³/mol. The molecule has 0 saturated carbocycles. The minimum Gasteiger partial charge on any atom is -0.619 e. The molecule has 124 valence electrons. The highest BCUT2D eigenvalue weighted by atomic mass is 19.4. The lowest BCUT2D eigenvalue weighted by molar-refractivity contribution is -0.606. The normalized spacial score (nSPS) is 10.4. The Balaban J connectivity index is 0.000000231. The largest absolute Gasteiger partial charge is 0.619 e. The molecule has 2 aromatic heterocycles. The zero-order chi connectivity index (χ0) is 17.5. The Hall–Kier alpha value is -2.84. The van der Waals surface area contributed by atoms with E-state index in [9.17, 15) is 28.4 Å². The highest BCUT2D eigenvalue weighted by Gasteiger charge is 2.32. The summed E-state index contributed by atoms with van der Waals surface area (Å²) in [6, 6.07) is 4.93. The molecule has 0 fully saturated rings. The van der Waals surface area contributed by atoms with Gasteiger partial charge in [0.2, 0.25) is 0 Å². The SMILES string of the molecule is CCOC(=O)c1ccc[n+]([O-])c1.[O-][n+]1cccc(C(F)(F)F)c1. The first-order valence-corrected chi connectivity index (χ1v) is 6.36. The third kappa shape index (κ3) is 6.20. The van der Waals surface area contributed by atoms with Crippen LogP contribution in [0.2, 0.25) is 0 Å². The van der Waals surface area contributed by atoms with Gasteiger partial charge in [-0.25, -0.2) is 4.79 Å². The highest BCUT2D eigenvalue weighted by Crippen LogP contribution is 2.27. The number of hydrogen-bond donors (Lipinski definition) is 0. The Morgan fingerprint density at radius 2 is 1.70 bits per heavy atom. The van der Waals surface area contributed by atoms with E-state index in [0.717, 1.165) is 18.3 Å². The van der Waals surface area contributed by atoms with Gasteiger partial charge in [0.1, 0.15) is 11.1 Å². The summed E-state index contributed by atoms with van der Waals surface area (Å²) in [5.41, 5.74) is -0.663. The molecule has 0 radical (unpaired) electrons. The minimum atomic E-state index is -4.44. The van der Waals surface area contributed by atoms with Crippen LogP contribution in [-0.4, -0.2) is 12.6 Å². The second-order valence-corrected chi connectivity index (χ2v) is 4.12. The average molecular weight is 330 g/mol. The van der Waals surface area contributed by atoms with Gasteiger partial charge in [-0.1, -0.05) is 0 Å². The van der Waals surface area contributed by atoms with Crippen molar-refractivity contribution in [1.82, 2.24) is 0 Å². The van der Waals surface area contributed by atoms with E-state index in [0.29, 0.717) is 17.5 Å². The number of carbonyl (C=O) groups excluding carboxylic acids is 1. The third-order valence-electron chi connectivity index (χ3n) is 2.39. The Bertz CT molecular complexity index is 662. The van der Waals surface area contributed by atoms with Gasteiger partial charge in [-0.2, -0.15) is 22.6 Å². The van der Waals surface area contributed by atoms with Gasteiger partial charge in [-0.3, -0.25) is 0 Å². The lowest BCUT2D eigenvalue weighted by Gasteiger charge is -2.04. The number of rotatable bonds is 2. The topological polar surface area (TPSA) is 80.2 Å². The first-order valence-electron chi connectivity index (χ1n) is 6.36. The Labute approximate surface area is 129 Å². The molecule has 23 heavy (non-hydrogen) atoms. The second-order valence-electron chi connectivity index (χ2n) is 4.12. The monoisotopic (exact) mass is 330 g/mol. The fourth-order valence-corrected chi connectivity index (χ4v) is 1.41. The van der Waals surface area contributed by atoms with Crippen molar-refractivity contribution in [3.63, 3.8) is 0 Å². The van der Waals surface area contributed by atoms with Gasteiger partial charge in [-0.05, 0) is 19.1 Å². The molecule has 0 aliphatic carbocycles. The molecule has 9 heteroatoms. The fourth-order valence-electron chi connectivity index (χ4n) is 1.41. The van der Waals surface area contributed by atoms with E-state index in [4.69, 9.17) is 4.74 Å². The summed E-state index contributed by atoms with van der Waals surface area (Å²) in [6.07, 6.45) is -0.469. The molecule has 0 N–H and O–H groups in total. The standard InChI is InChI=1S/C8H9NO3.C6H4F3NO/c1-2-12-8(10)7-4-3-5-9(11)6-7;7-6(8,9)5-2-1-3-10(11)4-5/h3-6H,2H2,1H3;1-4H. The van der Waals surface area contributed by atoms with Gasteiger partial charge >= 0.3 is 12.1 Å². The molecule has 2 heterocycles. The number of alkyl halides is 3. The summed E-state index contributed by atoms with van der Waals surface area (Å²) in [5.74, 6) is -0.470. The summed E-state index contributed by atoms with van der Waals surface area (Å²) in [5, 5.41) is 21.1. The summed E-state index contributed by atoms with van der Waals surface area (Å²) < 4.78 is 40.8. The minimum absolute atomic E-state index is 0.114. The van der Waals surface area contributed by atoms with Crippen LogP contribution in [0.4, 0.5) is 13.2 Å². The lowest BCUT2D eigenvalue weighted by atomic mass is 10.3. The van der Waals surface area contributed by atoms with Crippen molar-refractivity contribution >= 4 is 5.97 Å². The van der Waals surface area contributed by atoms with Crippen molar-refractivity contribution in [1.29, 1.82) is 0 Å². The van der Waals surface area contributed by atoms with E-state index < -0.39 is 17.7 Å². The molecule has 0 spiro atoms. The van der Waals surface area contributed by atoms with Crippen LogP contribution in [0.5, 0.6) is 0 Å². The molecule has 0 aromatic carbocycles. The lowest BCUT2D eigenvalue weighted by Crippen LogP contribution is -2.26. The molecule has 0 aliphatic rings. The van der Waals surface area contributed by atoms with Crippen molar-refractivity contribution in [2.24, 2.45) is 0 Å². The van der Waals surface area contributed by atoms with E-state index in [1.807, 2.05) is 0 Å². The maximum Gasteiger partial charge on any atom is 0.422 e. The van der Waals surface area contributed by atoms with Gasteiger partial charge in [0.15, 0.2) is 24.8 Å². The van der Waals surface area contributed by atoms with Crippen molar-refractivity contribution in [3.8, 4) is 0 Å². The number of carbonyl (C=O) groups is 1. The van der Waals surface area contributed by atoms with Crippen LogP contribution in [0.25, 0.3) is 0 Å². The molecular formula is C14H13F3N2O4. The molecule has 0 saturated heterocycles. The quantitative estimate of drug-likeness (QED) is 0.478. The number of halogens is 3. The van der Waals surface area contributed by atoms with Crippen molar-refractivity contribution in [2.45, 2.75) is 13.1 Å². The molecule has 0 bridgehead atoms. The number of aromatic nitrogens is 2. The average Bonchev–Trinajstić information content (AvgIpc) is 2.47. The van der Waals surface area contributed by atoms with Gasteiger partial charge < -0.3 is 15.2 Å². The van der Waals surface area contributed by atoms with Crippen LogP contribution in [0, 0.1) is 10.4 Å². The maximum atomic E-state index is 11.8. The third-order valence-corrected chi connectivity index (χ3v) is 2.39. The molecule has 2 aromatic rings. The number of pyridine rings is 2. The molecule has 0 unspecified atom stereocenters. The number of hydrogen-bond acceptors (Lipinski definition) is 4.